The molecule has 0 bridgehead atoms. The maximum Gasteiger partial charge on any atom is 0.171 e. The highest BCUT2D eigenvalue weighted by atomic mass is 28.3. The molecule has 0 fully saturated rings. The zero-order chi connectivity index (χ0) is 14.8. The molecule has 0 spiro atoms. The Balaban J connectivity index is 3.05. The maximum absolute atomic E-state index is 6.17. The normalized spacial score (nSPS) is 14.8. The number of pyridine rings is 1. The van der Waals surface area contributed by atoms with Gasteiger partial charge in [0.2, 0.25) is 0 Å². The highest BCUT2D eigenvalue weighted by molar-refractivity contribution is 6.48. The van der Waals surface area contributed by atoms with Gasteiger partial charge >= 0.3 is 0 Å². The number of hydrogen-bond acceptors (Lipinski definition) is 3. The quantitative estimate of drug-likeness (QED) is 0.860. The zero-order valence-corrected chi connectivity index (χ0v) is 14.5. The smallest absolute Gasteiger partial charge is 0.171 e. The standard InChI is InChI=1S/C15H28N2OSi/c1-14(2,3)13(18-19(6)7)12-9-8-11(10-17-12)15(4,5)16/h8-10,13,19H,16H2,1-7H3. The second-order valence-corrected chi connectivity index (χ2v) is 9.49. The monoisotopic (exact) mass is 280 g/mol. The molecule has 19 heavy (non-hydrogen) atoms. The Hall–Kier alpha value is -0.713. The third kappa shape index (κ3) is 4.71. The molecule has 1 aromatic heterocycles. The van der Waals surface area contributed by atoms with E-state index in [1.807, 2.05) is 20.0 Å². The van der Waals surface area contributed by atoms with Crippen LogP contribution in [0.5, 0.6) is 0 Å². The molecule has 108 valence electrons. The topological polar surface area (TPSA) is 48.1 Å². The van der Waals surface area contributed by atoms with Crippen molar-refractivity contribution in [1.29, 1.82) is 0 Å². The summed E-state index contributed by atoms with van der Waals surface area (Å²) in [6.45, 7) is 14.9. The second-order valence-electron chi connectivity index (χ2n) is 7.12. The van der Waals surface area contributed by atoms with Gasteiger partial charge in [-0.3, -0.25) is 4.98 Å². The molecule has 0 aliphatic rings. The van der Waals surface area contributed by atoms with Crippen molar-refractivity contribution in [1.82, 2.24) is 4.98 Å². The SMILES string of the molecule is C[SiH](C)OC(c1ccc(C(C)(C)N)cn1)C(C)(C)C. The second kappa shape index (κ2) is 5.73. The molecule has 0 aliphatic carbocycles. The van der Waals surface area contributed by atoms with Crippen LogP contribution in [0.25, 0.3) is 0 Å². The molecule has 1 atom stereocenters. The fourth-order valence-electron chi connectivity index (χ4n) is 1.93. The van der Waals surface area contributed by atoms with Crippen LogP contribution in [0.15, 0.2) is 18.3 Å². The Morgan fingerprint density at radius 1 is 1.16 bits per heavy atom. The minimum absolute atomic E-state index is 0.0457. The molecule has 0 saturated heterocycles. The van der Waals surface area contributed by atoms with E-state index in [1.54, 1.807) is 0 Å². The average Bonchev–Trinajstić information content (AvgIpc) is 2.23. The van der Waals surface area contributed by atoms with Crippen LogP contribution in [-0.2, 0) is 9.96 Å². The van der Waals surface area contributed by atoms with Gasteiger partial charge in [0.15, 0.2) is 9.04 Å². The Bertz CT molecular complexity index is 402. The van der Waals surface area contributed by atoms with E-state index >= 15 is 0 Å². The molecule has 1 aromatic rings. The van der Waals surface area contributed by atoms with Gasteiger partial charge in [0.25, 0.3) is 0 Å². The van der Waals surface area contributed by atoms with Crippen LogP contribution < -0.4 is 5.73 Å². The lowest BCUT2D eigenvalue weighted by atomic mass is 9.86. The van der Waals surface area contributed by atoms with Crippen LogP contribution in [0.1, 0.15) is 52.0 Å². The van der Waals surface area contributed by atoms with E-state index < -0.39 is 9.04 Å². The Morgan fingerprint density at radius 2 is 1.74 bits per heavy atom. The molecule has 0 aromatic carbocycles. The number of aromatic nitrogens is 1. The Morgan fingerprint density at radius 3 is 2.05 bits per heavy atom. The first-order valence-corrected chi connectivity index (χ1v) is 9.70. The van der Waals surface area contributed by atoms with E-state index in [4.69, 9.17) is 10.2 Å². The lowest BCUT2D eigenvalue weighted by Crippen LogP contribution is -2.30. The van der Waals surface area contributed by atoms with Crippen molar-refractivity contribution < 1.29 is 4.43 Å². The molecule has 3 nitrogen and oxygen atoms in total. The van der Waals surface area contributed by atoms with Gasteiger partial charge in [-0.1, -0.05) is 26.8 Å². The van der Waals surface area contributed by atoms with Crippen molar-refractivity contribution in [2.24, 2.45) is 11.1 Å². The van der Waals surface area contributed by atoms with E-state index in [1.165, 1.54) is 0 Å². The van der Waals surface area contributed by atoms with Crippen LogP contribution in [0, 0.1) is 5.41 Å². The molecule has 0 saturated carbocycles. The van der Waals surface area contributed by atoms with Crippen LogP contribution in [0.4, 0.5) is 0 Å². The van der Waals surface area contributed by atoms with Crippen molar-refractivity contribution in [2.75, 3.05) is 0 Å². The summed E-state index contributed by atoms with van der Waals surface area (Å²) in [5, 5.41) is 0. The van der Waals surface area contributed by atoms with Crippen molar-refractivity contribution in [2.45, 2.75) is 59.4 Å². The lowest BCUT2D eigenvalue weighted by Gasteiger charge is -2.32. The van der Waals surface area contributed by atoms with Crippen LogP contribution in [-0.4, -0.2) is 14.0 Å². The summed E-state index contributed by atoms with van der Waals surface area (Å²) in [6, 6.07) is 4.11. The summed E-state index contributed by atoms with van der Waals surface area (Å²) in [4.78, 5) is 4.58. The minimum Gasteiger partial charge on any atom is -0.412 e. The van der Waals surface area contributed by atoms with Crippen LogP contribution >= 0.6 is 0 Å². The fraction of sp³-hybridized carbons (Fsp3) is 0.667. The first kappa shape index (κ1) is 16.3. The number of nitrogens with zero attached hydrogens (tertiary/aromatic N) is 1. The molecule has 2 N–H and O–H groups in total. The third-order valence-electron chi connectivity index (χ3n) is 2.99. The van der Waals surface area contributed by atoms with Gasteiger partial charge in [0, 0.05) is 11.7 Å². The van der Waals surface area contributed by atoms with Crippen LogP contribution in [0.3, 0.4) is 0 Å². The average molecular weight is 280 g/mol. The minimum atomic E-state index is -1.11. The Labute approximate surface area is 119 Å². The van der Waals surface area contributed by atoms with E-state index in [9.17, 15) is 0 Å². The molecule has 0 radical (unpaired) electrons. The molecule has 0 aliphatic heterocycles. The summed E-state index contributed by atoms with van der Waals surface area (Å²) >= 11 is 0. The predicted molar refractivity (Wildman–Crippen MR) is 83.6 cm³/mol. The van der Waals surface area contributed by atoms with Gasteiger partial charge in [0.1, 0.15) is 0 Å². The highest BCUT2D eigenvalue weighted by Gasteiger charge is 2.29. The molecule has 0 amide bonds. The lowest BCUT2D eigenvalue weighted by molar-refractivity contribution is 0.0826. The van der Waals surface area contributed by atoms with Crippen LogP contribution in [0.2, 0.25) is 13.1 Å². The summed E-state index contributed by atoms with van der Waals surface area (Å²) in [5.74, 6) is 0. The molecular weight excluding hydrogens is 252 g/mol. The Kier molecular flexibility index (Phi) is 4.93. The summed E-state index contributed by atoms with van der Waals surface area (Å²) in [7, 11) is -1.11. The first-order chi connectivity index (χ1) is 8.51. The van der Waals surface area contributed by atoms with Crippen molar-refractivity contribution in [3.8, 4) is 0 Å². The molecule has 1 unspecified atom stereocenters. The molecule has 4 heteroatoms. The van der Waals surface area contributed by atoms with Gasteiger partial charge < -0.3 is 10.2 Å². The fourth-order valence-corrected chi connectivity index (χ4v) is 3.02. The molecular formula is C15H28N2OSi. The van der Waals surface area contributed by atoms with E-state index in [-0.39, 0.29) is 17.1 Å². The summed E-state index contributed by atoms with van der Waals surface area (Å²) in [5.41, 5.74) is 7.83. The summed E-state index contributed by atoms with van der Waals surface area (Å²) in [6.07, 6.45) is 1.92. The van der Waals surface area contributed by atoms with Gasteiger partial charge in [-0.05, 0) is 44.0 Å². The number of rotatable bonds is 4. The maximum atomic E-state index is 6.17. The molecule has 1 heterocycles. The van der Waals surface area contributed by atoms with Gasteiger partial charge in [-0.25, -0.2) is 0 Å². The summed E-state index contributed by atoms with van der Waals surface area (Å²) < 4.78 is 6.17. The highest BCUT2D eigenvalue weighted by Crippen LogP contribution is 2.35. The number of hydrogen-bond donors (Lipinski definition) is 1. The van der Waals surface area contributed by atoms with Crippen molar-refractivity contribution in [3.05, 3.63) is 29.6 Å². The molecule has 1 rings (SSSR count). The first-order valence-electron chi connectivity index (χ1n) is 6.92. The van der Waals surface area contributed by atoms with Crippen molar-refractivity contribution in [3.63, 3.8) is 0 Å². The number of nitrogens with two attached hydrogens (primary N) is 1. The largest absolute Gasteiger partial charge is 0.412 e. The van der Waals surface area contributed by atoms with Gasteiger partial charge in [-0.15, -0.1) is 0 Å². The zero-order valence-electron chi connectivity index (χ0n) is 13.3. The third-order valence-corrected chi connectivity index (χ3v) is 3.81. The van der Waals surface area contributed by atoms with E-state index in [0.29, 0.717) is 0 Å². The van der Waals surface area contributed by atoms with Crippen molar-refractivity contribution >= 4 is 9.04 Å². The van der Waals surface area contributed by atoms with Gasteiger partial charge in [0.05, 0.1) is 11.8 Å². The van der Waals surface area contributed by atoms with Gasteiger partial charge in [-0.2, -0.15) is 0 Å². The predicted octanol–water partition coefficient (Wildman–Crippen LogP) is 3.36. The van der Waals surface area contributed by atoms with E-state index in [0.717, 1.165) is 11.3 Å². The van der Waals surface area contributed by atoms with E-state index in [2.05, 4.69) is 51.0 Å².